The van der Waals surface area contributed by atoms with Crippen LogP contribution in [0.25, 0.3) is 0 Å². The minimum Gasteiger partial charge on any atom is -0.481 e. The molecule has 1 N–H and O–H groups in total. The largest absolute Gasteiger partial charge is 0.481 e. The Balaban J connectivity index is 2.42. The summed E-state index contributed by atoms with van der Waals surface area (Å²) in [4.78, 5) is 12.2. The Morgan fingerprint density at radius 3 is 2.50 bits per heavy atom. The van der Waals surface area contributed by atoms with E-state index in [9.17, 15) is 4.79 Å². The van der Waals surface area contributed by atoms with Crippen LogP contribution >= 0.6 is 0 Å². The van der Waals surface area contributed by atoms with E-state index in [0.29, 0.717) is 6.42 Å². The molecule has 3 nitrogen and oxygen atoms in total. The van der Waals surface area contributed by atoms with E-state index in [0.717, 1.165) is 18.6 Å². The van der Waals surface area contributed by atoms with Gasteiger partial charge in [0.25, 0.3) is 5.91 Å². The van der Waals surface area contributed by atoms with Gasteiger partial charge in [0.05, 0.1) is 0 Å². The number of unbranched alkanes of at least 4 members (excludes halogenated alkanes) is 2. The van der Waals surface area contributed by atoms with Crippen LogP contribution < -0.4 is 10.1 Å². The molecule has 3 heteroatoms. The molecule has 2 atom stereocenters. The Labute approximate surface area is 122 Å². The monoisotopic (exact) mass is 277 g/mol. The molecule has 0 saturated heterocycles. The molecule has 1 rings (SSSR count). The number of carbonyl (C=O) groups is 1. The minimum atomic E-state index is -0.411. The summed E-state index contributed by atoms with van der Waals surface area (Å²) >= 11 is 0. The highest BCUT2D eigenvalue weighted by Gasteiger charge is 2.19. The van der Waals surface area contributed by atoms with Crippen molar-refractivity contribution < 1.29 is 9.53 Å². The first-order chi connectivity index (χ1) is 9.67. The lowest BCUT2D eigenvalue weighted by atomic mass is 10.1. The van der Waals surface area contributed by atoms with Crippen LogP contribution in [0.1, 0.15) is 52.9 Å². The van der Waals surface area contributed by atoms with Gasteiger partial charge in [-0.3, -0.25) is 4.79 Å². The first-order valence-electron chi connectivity index (χ1n) is 7.69. The first kappa shape index (κ1) is 16.5. The maximum atomic E-state index is 12.2. The SMILES string of the molecule is CCCCCC(C)NC(=O)C(CC)Oc1ccccc1. The lowest BCUT2D eigenvalue weighted by molar-refractivity contribution is -0.128. The number of nitrogens with one attached hydrogen (secondary N) is 1. The Morgan fingerprint density at radius 1 is 1.20 bits per heavy atom. The van der Waals surface area contributed by atoms with Crippen molar-refractivity contribution in [2.45, 2.75) is 65.0 Å². The summed E-state index contributed by atoms with van der Waals surface area (Å²) < 4.78 is 5.74. The summed E-state index contributed by atoms with van der Waals surface area (Å²) in [5.41, 5.74) is 0. The molecule has 0 aliphatic rings. The Bertz CT molecular complexity index is 378. The van der Waals surface area contributed by atoms with Crippen LogP contribution in [-0.2, 0) is 4.79 Å². The zero-order valence-corrected chi connectivity index (χ0v) is 12.9. The van der Waals surface area contributed by atoms with Gasteiger partial charge >= 0.3 is 0 Å². The highest BCUT2D eigenvalue weighted by Crippen LogP contribution is 2.13. The Kier molecular flexibility index (Phi) is 7.78. The van der Waals surface area contributed by atoms with Gasteiger partial charge in [0.1, 0.15) is 5.75 Å². The number of para-hydroxylation sites is 1. The quantitative estimate of drug-likeness (QED) is 0.695. The highest BCUT2D eigenvalue weighted by molar-refractivity contribution is 5.81. The molecular weight excluding hydrogens is 250 g/mol. The third-order valence-corrected chi connectivity index (χ3v) is 3.31. The molecule has 0 bridgehead atoms. The fraction of sp³-hybridized carbons (Fsp3) is 0.588. The molecule has 0 heterocycles. The van der Waals surface area contributed by atoms with Gasteiger partial charge in [-0.25, -0.2) is 0 Å². The summed E-state index contributed by atoms with van der Waals surface area (Å²) in [6, 6.07) is 9.72. The molecule has 112 valence electrons. The van der Waals surface area contributed by atoms with Crippen molar-refractivity contribution in [3.8, 4) is 5.75 Å². The average molecular weight is 277 g/mol. The van der Waals surface area contributed by atoms with Crippen molar-refractivity contribution in [1.82, 2.24) is 5.32 Å². The summed E-state index contributed by atoms with van der Waals surface area (Å²) in [7, 11) is 0. The molecular formula is C17H27NO2. The third kappa shape index (κ3) is 6.09. The van der Waals surface area contributed by atoms with Crippen molar-refractivity contribution in [2.75, 3.05) is 0 Å². The lowest BCUT2D eigenvalue weighted by Crippen LogP contribution is -2.42. The second kappa shape index (κ2) is 9.40. The van der Waals surface area contributed by atoms with Crippen molar-refractivity contribution in [3.05, 3.63) is 30.3 Å². The summed E-state index contributed by atoms with van der Waals surface area (Å²) in [5.74, 6) is 0.730. The molecule has 0 spiro atoms. The Hall–Kier alpha value is -1.51. The van der Waals surface area contributed by atoms with Crippen LogP contribution in [0.5, 0.6) is 5.75 Å². The van der Waals surface area contributed by atoms with Gasteiger partial charge in [-0.2, -0.15) is 0 Å². The molecule has 0 radical (unpaired) electrons. The normalized spacial score (nSPS) is 13.6. The average Bonchev–Trinajstić information content (AvgIpc) is 2.46. The van der Waals surface area contributed by atoms with Gasteiger partial charge in [0, 0.05) is 6.04 Å². The predicted molar refractivity (Wildman–Crippen MR) is 82.9 cm³/mol. The first-order valence-corrected chi connectivity index (χ1v) is 7.69. The number of rotatable bonds is 9. The maximum absolute atomic E-state index is 12.2. The van der Waals surface area contributed by atoms with Gasteiger partial charge < -0.3 is 10.1 Å². The van der Waals surface area contributed by atoms with E-state index in [4.69, 9.17) is 4.74 Å². The summed E-state index contributed by atoms with van der Waals surface area (Å²) in [5, 5.41) is 3.05. The number of ether oxygens (including phenoxy) is 1. The standard InChI is InChI=1S/C17H27NO2/c1-4-6-8-11-14(3)18-17(19)16(5-2)20-15-12-9-7-10-13-15/h7,9-10,12-14,16H,4-6,8,11H2,1-3H3,(H,18,19). The fourth-order valence-electron chi connectivity index (χ4n) is 2.09. The topological polar surface area (TPSA) is 38.3 Å². The van der Waals surface area contributed by atoms with E-state index in [1.54, 1.807) is 0 Å². The van der Waals surface area contributed by atoms with Crippen molar-refractivity contribution >= 4 is 5.91 Å². The lowest BCUT2D eigenvalue weighted by Gasteiger charge is -2.20. The second-order valence-electron chi connectivity index (χ2n) is 5.23. The molecule has 0 fully saturated rings. The van der Waals surface area contributed by atoms with E-state index in [-0.39, 0.29) is 11.9 Å². The van der Waals surface area contributed by atoms with E-state index in [1.165, 1.54) is 12.8 Å². The molecule has 0 saturated carbocycles. The molecule has 2 unspecified atom stereocenters. The van der Waals surface area contributed by atoms with Gasteiger partial charge in [0.2, 0.25) is 0 Å². The minimum absolute atomic E-state index is 0.0136. The summed E-state index contributed by atoms with van der Waals surface area (Å²) in [6.07, 6.45) is 4.87. The van der Waals surface area contributed by atoms with Crippen molar-refractivity contribution in [3.63, 3.8) is 0 Å². The number of benzene rings is 1. The molecule has 1 amide bonds. The van der Waals surface area contributed by atoms with Crippen LogP contribution in [0.2, 0.25) is 0 Å². The third-order valence-electron chi connectivity index (χ3n) is 3.31. The Morgan fingerprint density at radius 2 is 1.90 bits per heavy atom. The van der Waals surface area contributed by atoms with Gasteiger partial charge in [-0.15, -0.1) is 0 Å². The van der Waals surface area contributed by atoms with Crippen LogP contribution in [0.15, 0.2) is 30.3 Å². The van der Waals surface area contributed by atoms with Crippen molar-refractivity contribution in [2.24, 2.45) is 0 Å². The van der Waals surface area contributed by atoms with Crippen LogP contribution in [0, 0.1) is 0 Å². The second-order valence-corrected chi connectivity index (χ2v) is 5.23. The molecule has 0 aliphatic heterocycles. The zero-order chi connectivity index (χ0) is 14.8. The van der Waals surface area contributed by atoms with Crippen LogP contribution in [-0.4, -0.2) is 18.1 Å². The van der Waals surface area contributed by atoms with Gasteiger partial charge in [-0.05, 0) is 31.9 Å². The number of amides is 1. The van der Waals surface area contributed by atoms with Crippen molar-refractivity contribution in [1.29, 1.82) is 0 Å². The summed E-state index contributed by atoms with van der Waals surface area (Å²) in [6.45, 7) is 6.21. The highest BCUT2D eigenvalue weighted by atomic mass is 16.5. The number of hydrogen-bond donors (Lipinski definition) is 1. The van der Waals surface area contributed by atoms with Gasteiger partial charge in [-0.1, -0.05) is 51.3 Å². The van der Waals surface area contributed by atoms with E-state index in [1.807, 2.05) is 37.3 Å². The van der Waals surface area contributed by atoms with Gasteiger partial charge in [0.15, 0.2) is 6.10 Å². The molecule has 20 heavy (non-hydrogen) atoms. The molecule has 1 aromatic rings. The van der Waals surface area contributed by atoms with E-state index in [2.05, 4.69) is 19.2 Å². The fourth-order valence-corrected chi connectivity index (χ4v) is 2.09. The number of carbonyl (C=O) groups excluding carboxylic acids is 1. The maximum Gasteiger partial charge on any atom is 0.261 e. The van der Waals surface area contributed by atoms with Crippen LogP contribution in [0.3, 0.4) is 0 Å². The molecule has 0 aliphatic carbocycles. The van der Waals surface area contributed by atoms with E-state index < -0.39 is 6.10 Å². The predicted octanol–water partition coefficient (Wildman–Crippen LogP) is 3.93. The molecule has 1 aromatic carbocycles. The number of hydrogen-bond acceptors (Lipinski definition) is 2. The van der Waals surface area contributed by atoms with Crippen LogP contribution in [0.4, 0.5) is 0 Å². The smallest absolute Gasteiger partial charge is 0.261 e. The van der Waals surface area contributed by atoms with E-state index >= 15 is 0 Å². The molecule has 0 aromatic heterocycles. The zero-order valence-electron chi connectivity index (χ0n) is 12.9.